The van der Waals surface area contributed by atoms with E-state index in [1.807, 2.05) is 6.07 Å². The van der Waals surface area contributed by atoms with E-state index in [0.717, 1.165) is 19.4 Å². The van der Waals surface area contributed by atoms with Gasteiger partial charge in [0, 0.05) is 52.3 Å². The van der Waals surface area contributed by atoms with E-state index in [2.05, 4.69) is 6.58 Å². The van der Waals surface area contributed by atoms with Gasteiger partial charge in [0.2, 0.25) is 0 Å². The third kappa shape index (κ3) is 68.1. The molecule has 0 atom stereocenters. The predicted octanol–water partition coefficient (Wildman–Crippen LogP) is 0.0904. The zero-order valence-electron chi connectivity index (χ0n) is 16.3. The molecule has 0 heterocycles. The average Bonchev–Trinajstić information content (AvgIpc) is 2.70. The minimum absolute atomic E-state index is 0.0938. The molecule has 0 aliphatic rings. The highest BCUT2D eigenvalue weighted by Crippen LogP contribution is 1.83. The molecule has 0 fully saturated rings. The third-order valence-electron chi connectivity index (χ3n) is 2.15. The predicted molar refractivity (Wildman–Crippen MR) is 104 cm³/mol. The Morgan fingerprint density at radius 1 is 0.778 bits per heavy atom. The molecule has 0 rings (SSSR count). The number of aliphatic hydroxyl groups is 4. The Morgan fingerprint density at radius 2 is 1.19 bits per heavy atom. The number of nitrogens with zero attached hydrogens (tertiary/aromatic N) is 2. The summed E-state index contributed by atoms with van der Waals surface area (Å²) in [5, 5.41) is 48.0. The fraction of sp³-hybridized carbons (Fsp3) is 0.778. The van der Waals surface area contributed by atoms with Crippen LogP contribution in [0.4, 0.5) is 0 Å². The maximum Gasteiger partial charge on any atom is 0.0905 e. The summed E-state index contributed by atoms with van der Waals surface area (Å²) in [6, 6.07) is 3.65. The van der Waals surface area contributed by atoms with Gasteiger partial charge < -0.3 is 35.6 Å². The quantitative estimate of drug-likeness (QED) is 0.215. The van der Waals surface area contributed by atoms with E-state index < -0.39 is 0 Å². The van der Waals surface area contributed by atoms with E-state index in [4.69, 9.17) is 46.2 Å². The smallest absolute Gasteiger partial charge is 0.0905 e. The molecule has 0 unspecified atom stereocenters. The van der Waals surface area contributed by atoms with Gasteiger partial charge in [-0.2, -0.15) is 10.5 Å². The van der Waals surface area contributed by atoms with Gasteiger partial charge in [0.1, 0.15) is 0 Å². The summed E-state index contributed by atoms with van der Waals surface area (Å²) >= 11 is 0. The number of rotatable bonds is 13. The van der Waals surface area contributed by atoms with Gasteiger partial charge >= 0.3 is 0 Å². The lowest BCUT2D eigenvalue weighted by Gasteiger charge is -1.99. The molecule has 0 aliphatic heterocycles. The monoisotopic (exact) mass is 391 g/mol. The first-order valence-electron chi connectivity index (χ1n) is 8.83. The van der Waals surface area contributed by atoms with Gasteiger partial charge in [-0.1, -0.05) is 6.58 Å². The van der Waals surface area contributed by atoms with Crippen LogP contribution < -0.4 is 5.73 Å². The molecule has 0 aromatic rings. The first-order chi connectivity index (χ1) is 13.2. The average molecular weight is 392 g/mol. The second-order valence-electron chi connectivity index (χ2n) is 4.56. The van der Waals surface area contributed by atoms with Crippen LogP contribution >= 0.6 is 0 Å². The molecule has 0 saturated carbocycles. The molecule has 6 N–H and O–H groups in total. The number of allylic oxidation sites excluding steroid dienone is 1. The van der Waals surface area contributed by atoms with Crippen LogP contribution in [-0.2, 0) is 9.47 Å². The number of ether oxygens (including phenoxy) is 2. The summed E-state index contributed by atoms with van der Waals surface area (Å²) in [7, 11) is 0. The molecule has 0 saturated heterocycles. The minimum Gasteiger partial charge on any atom is -0.396 e. The number of nitriles is 2. The Bertz CT molecular complexity index is 311. The summed E-state index contributed by atoms with van der Waals surface area (Å²) < 4.78 is 10.0. The summed E-state index contributed by atoms with van der Waals surface area (Å²) in [4.78, 5) is 0. The van der Waals surface area contributed by atoms with Crippen molar-refractivity contribution in [2.75, 3.05) is 59.4 Å². The highest BCUT2D eigenvalue weighted by atomic mass is 16.5. The Labute approximate surface area is 163 Å². The van der Waals surface area contributed by atoms with E-state index in [-0.39, 0.29) is 26.4 Å². The molecule has 0 aliphatic carbocycles. The summed E-state index contributed by atoms with van der Waals surface area (Å²) in [6.07, 6.45) is 4.41. The molecule has 0 aromatic carbocycles. The summed E-state index contributed by atoms with van der Waals surface area (Å²) in [5.41, 5.74) is 5.21. The molecular weight excluding hydrogens is 354 g/mol. The van der Waals surface area contributed by atoms with Crippen LogP contribution in [0.5, 0.6) is 0 Å². The Morgan fingerprint density at radius 3 is 1.48 bits per heavy atom. The van der Waals surface area contributed by atoms with Crippen LogP contribution in [0, 0.1) is 22.7 Å². The van der Waals surface area contributed by atoms with Gasteiger partial charge in [-0.05, 0) is 32.2 Å². The molecule has 0 amide bonds. The van der Waals surface area contributed by atoms with Crippen molar-refractivity contribution < 1.29 is 29.9 Å². The van der Waals surface area contributed by atoms with Crippen molar-refractivity contribution in [2.24, 2.45) is 5.73 Å². The number of nitrogens with two attached hydrogens (primary N) is 1. The first-order valence-corrected chi connectivity index (χ1v) is 8.83. The second kappa shape index (κ2) is 44.1. The van der Waals surface area contributed by atoms with Crippen molar-refractivity contribution in [2.45, 2.75) is 32.1 Å². The zero-order valence-corrected chi connectivity index (χ0v) is 16.3. The first kappa shape index (κ1) is 33.1. The van der Waals surface area contributed by atoms with Crippen LogP contribution in [0.15, 0.2) is 12.7 Å². The Balaban J connectivity index is -0.000000138. The van der Waals surface area contributed by atoms with Crippen LogP contribution in [0.25, 0.3) is 0 Å². The second-order valence-corrected chi connectivity index (χ2v) is 4.56. The largest absolute Gasteiger partial charge is 0.396 e. The highest BCUT2D eigenvalue weighted by molar-refractivity contribution is 4.93. The SMILES string of the molecule is C=CC#N.N#CCCOCCCO.NCCCOCCCO.OCCCO. The normalized spacial score (nSPS) is 8.41. The molecular formula is C18H37N3O6. The van der Waals surface area contributed by atoms with E-state index in [1.54, 1.807) is 6.07 Å². The fourth-order valence-electron chi connectivity index (χ4n) is 0.911. The van der Waals surface area contributed by atoms with Gasteiger partial charge in [0.15, 0.2) is 0 Å². The van der Waals surface area contributed by atoms with Gasteiger partial charge in [-0.3, -0.25) is 0 Å². The maximum absolute atomic E-state index is 8.32. The van der Waals surface area contributed by atoms with Crippen molar-refractivity contribution in [3.8, 4) is 12.1 Å². The van der Waals surface area contributed by atoms with Crippen LogP contribution in [0.2, 0.25) is 0 Å². The van der Waals surface area contributed by atoms with Crippen molar-refractivity contribution >= 4 is 0 Å². The van der Waals surface area contributed by atoms with Gasteiger partial charge in [-0.25, -0.2) is 0 Å². The van der Waals surface area contributed by atoms with Crippen LogP contribution in [0.3, 0.4) is 0 Å². The molecule has 9 heteroatoms. The summed E-state index contributed by atoms with van der Waals surface area (Å²) in [6.45, 7) is 6.76. The molecule has 160 valence electrons. The van der Waals surface area contributed by atoms with E-state index >= 15 is 0 Å². The Kier molecular flexibility index (Phi) is 54.1. The highest BCUT2D eigenvalue weighted by Gasteiger charge is 1.85. The standard InChI is InChI=1S/C6H15NO2.C6H11NO2.C3H3N.C3H8O2/c2*7-3-1-5-9-6-2-4-8;1-2-3-4;4-2-1-3-5/h8H,1-7H2;8H,1-2,4-6H2;2H,1H2;4-5H,1-3H2. The topological polar surface area (TPSA) is 173 Å². The lowest BCUT2D eigenvalue weighted by atomic mass is 10.4. The molecule has 27 heavy (non-hydrogen) atoms. The number of aliphatic hydroxyl groups excluding tert-OH is 4. The lowest BCUT2D eigenvalue weighted by molar-refractivity contribution is 0.115. The molecule has 0 bridgehead atoms. The number of hydrogen-bond donors (Lipinski definition) is 5. The van der Waals surface area contributed by atoms with Crippen molar-refractivity contribution in [3.05, 3.63) is 12.7 Å². The van der Waals surface area contributed by atoms with E-state index in [1.165, 1.54) is 6.08 Å². The fourth-order valence-corrected chi connectivity index (χ4v) is 0.911. The number of hydrogen-bond acceptors (Lipinski definition) is 9. The van der Waals surface area contributed by atoms with Crippen molar-refractivity contribution in [1.82, 2.24) is 0 Å². The van der Waals surface area contributed by atoms with Crippen molar-refractivity contribution in [3.63, 3.8) is 0 Å². The Hall–Kier alpha value is -1.56. The minimum atomic E-state index is 0.0938. The van der Waals surface area contributed by atoms with Gasteiger partial charge in [-0.15, -0.1) is 0 Å². The molecule has 0 radical (unpaired) electrons. The maximum atomic E-state index is 8.32. The molecule has 0 aromatic heterocycles. The summed E-state index contributed by atoms with van der Waals surface area (Å²) in [5.74, 6) is 0. The van der Waals surface area contributed by atoms with Crippen LogP contribution in [0.1, 0.15) is 32.1 Å². The van der Waals surface area contributed by atoms with Crippen molar-refractivity contribution in [1.29, 1.82) is 10.5 Å². The molecule has 0 spiro atoms. The van der Waals surface area contributed by atoms with E-state index in [0.29, 0.717) is 45.6 Å². The zero-order chi connectivity index (χ0) is 21.4. The van der Waals surface area contributed by atoms with Gasteiger partial charge in [0.25, 0.3) is 0 Å². The lowest BCUT2D eigenvalue weighted by Crippen LogP contribution is -2.05. The van der Waals surface area contributed by atoms with Crippen LogP contribution in [-0.4, -0.2) is 79.8 Å². The molecule has 9 nitrogen and oxygen atoms in total. The van der Waals surface area contributed by atoms with Gasteiger partial charge in [0.05, 0.1) is 25.2 Å². The third-order valence-corrected chi connectivity index (χ3v) is 2.15. The van der Waals surface area contributed by atoms with E-state index in [9.17, 15) is 0 Å².